The average molecular weight is 361 g/mol. The van der Waals surface area contributed by atoms with E-state index < -0.39 is 5.82 Å². The number of carbonyl (C=O) groups is 1. The highest BCUT2D eigenvalue weighted by Gasteiger charge is 2.12. The molecule has 3 rings (SSSR count). The lowest BCUT2D eigenvalue weighted by atomic mass is 10.0. The molecule has 0 saturated heterocycles. The number of nitriles is 1. The standard InChI is InChI=1S/C21H16FN3O2/c1-13(10-23)11-24-21-16-9-15(4-3-14(16)5-8-20(21)27-2)18-7-6-17(22)19(12-26)25-18/h3-9,12,24H,1,11H2,2H3. The van der Waals surface area contributed by atoms with Crippen molar-refractivity contribution < 1.29 is 13.9 Å². The number of hydrogen-bond acceptors (Lipinski definition) is 5. The molecule has 0 unspecified atom stereocenters. The largest absolute Gasteiger partial charge is 0.495 e. The first-order chi connectivity index (χ1) is 13.1. The van der Waals surface area contributed by atoms with E-state index in [1.54, 1.807) is 7.11 Å². The van der Waals surface area contributed by atoms with Crippen molar-refractivity contribution in [1.82, 2.24) is 4.98 Å². The Labute approximate surface area is 155 Å². The molecule has 0 bridgehead atoms. The van der Waals surface area contributed by atoms with Gasteiger partial charge in [0.05, 0.1) is 24.6 Å². The van der Waals surface area contributed by atoms with E-state index in [0.717, 1.165) is 16.3 Å². The fourth-order valence-electron chi connectivity index (χ4n) is 2.75. The smallest absolute Gasteiger partial charge is 0.171 e. The number of nitrogens with one attached hydrogen (secondary N) is 1. The lowest BCUT2D eigenvalue weighted by Gasteiger charge is -2.15. The van der Waals surface area contributed by atoms with Gasteiger partial charge in [-0.1, -0.05) is 24.8 Å². The lowest BCUT2D eigenvalue weighted by Crippen LogP contribution is -2.05. The fraction of sp³-hybridized carbons (Fsp3) is 0.0952. The molecular weight excluding hydrogens is 345 g/mol. The number of aldehydes is 1. The van der Waals surface area contributed by atoms with Crippen LogP contribution in [0.4, 0.5) is 10.1 Å². The molecule has 3 aromatic rings. The number of aromatic nitrogens is 1. The van der Waals surface area contributed by atoms with E-state index in [9.17, 15) is 9.18 Å². The average Bonchev–Trinajstić information content (AvgIpc) is 2.71. The molecule has 0 aliphatic rings. The van der Waals surface area contributed by atoms with Crippen LogP contribution in [0.2, 0.25) is 0 Å². The van der Waals surface area contributed by atoms with E-state index in [4.69, 9.17) is 10.00 Å². The molecule has 0 aliphatic heterocycles. The Hall–Kier alpha value is -3.72. The normalized spacial score (nSPS) is 10.3. The van der Waals surface area contributed by atoms with Crippen molar-refractivity contribution in [3.8, 4) is 23.1 Å². The Morgan fingerprint density at radius 2 is 2.11 bits per heavy atom. The van der Waals surface area contributed by atoms with Gasteiger partial charge in [-0.15, -0.1) is 0 Å². The zero-order valence-corrected chi connectivity index (χ0v) is 14.6. The Morgan fingerprint density at radius 1 is 1.33 bits per heavy atom. The molecule has 134 valence electrons. The van der Waals surface area contributed by atoms with Crippen molar-refractivity contribution in [2.45, 2.75) is 0 Å². The van der Waals surface area contributed by atoms with Gasteiger partial charge in [-0.25, -0.2) is 9.37 Å². The highest BCUT2D eigenvalue weighted by molar-refractivity contribution is 5.99. The molecule has 0 amide bonds. The predicted octanol–water partition coefficient (Wildman–Crippen LogP) is 4.35. The van der Waals surface area contributed by atoms with E-state index in [-0.39, 0.29) is 12.2 Å². The number of hydrogen-bond donors (Lipinski definition) is 1. The molecule has 5 nitrogen and oxygen atoms in total. The van der Waals surface area contributed by atoms with Gasteiger partial charge in [-0.05, 0) is 29.7 Å². The molecule has 0 spiro atoms. The zero-order valence-electron chi connectivity index (χ0n) is 14.6. The molecule has 0 fully saturated rings. The third-order valence-corrected chi connectivity index (χ3v) is 4.12. The van der Waals surface area contributed by atoms with Crippen LogP contribution in [-0.4, -0.2) is 24.9 Å². The third kappa shape index (κ3) is 3.62. The molecule has 0 radical (unpaired) electrons. The first-order valence-electron chi connectivity index (χ1n) is 8.12. The number of anilines is 1. The van der Waals surface area contributed by atoms with Crippen LogP contribution in [0, 0.1) is 17.1 Å². The first kappa shape index (κ1) is 18.1. The number of fused-ring (bicyclic) bond motifs is 1. The maximum atomic E-state index is 13.6. The minimum absolute atomic E-state index is 0.234. The molecule has 2 aromatic carbocycles. The number of carbonyl (C=O) groups excluding carboxylic acids is 1. The molecule has 0 atom stereocenters. The molecule has 27 heavy (non-hydrogen) atoms. The summed E-state index contributed by atoms with van der Waals surface area (Å²) in [6.07, 6.45) is 0.392. The zero-order chi connectivity index (χ0) is 19.4. The SMILES string of the molecule is C=C(C#N)CNc1c(OC)ccc2ccc(-c3ccc(F)c(C=O)n3)cc12. The summed E-state index contributed by atoms with van der Waals surface area (Å²) in [6, 6.07) is 14.1. The van der Waals surface area contributed by atoms with E-state index in [1.807, 2.05) is 36.4 Å². The number of nitrogens with zero attached hydrogens (tertiary/aromatic N) is 2. The Morgan fingerprint density at radius 3 is 2.81 bits per heavy atom. The fourth-order valence-corrected chi connectivity index (χ4v) is 2.75. The summed E-state index contributed by atoms with van der Waals surface area (Å²) in [5.74, 6) is -0.0420. The van der Waals surface area contributed by atoms with Crippen LogP contribution in [0.3, 0.4) is 0 Å². The van der Waals surface area contributed by atoms with Gasteiger partial charge in [0.2, 0.25) is 0 Å². The third-order valence-electron chi connectivity index (χ3n) is 4.12. The van der Waals surface area contributed by atoms with E-state index in [1.165, 1.54) is 12.1 Å². The van der Waals surface area contributed by atoms with Crippen LogP contribution in [0.15, 0.2) is 54.6 Å². The van der Waals surface area contributed by atoms with Crippen LogP contribution in [-0.2, 0) is 0 Å². The van der Waals surface area contributed by atoms with Crippen LogP contribution >= 0.6 is 0 Å². The summed E-state index contributed by atoms with van der Waals surface area (Å²) in [6.45, 7) is 3.95. The van der Waals surface area contributed by atoms with Crippen molar-refractivity contribution >= 4 is 22.7 Å². The number of methoxy groups -OCH3 is 1. The second-order valence-electron chi connectivity index (χ2n) is 5.83. The predicted molar refractivity (Wildman–Crippen MR) is 102 cm³/mol. The van der Waals surface area contributed by atoms with Gasteiger partial charge >= 0.3 is 0 Å². The van der Waals surface area contributed by atoms with Crippen LogP contribution in [0.1, 0.15) is 10.5 Å². The van der Waals surface area contributed by atoms with Crippen molar-refractivity contribution in [1.29, 1.82) is 5.26 Å². The maximum Gasteiger partial charge on any atom is 0.171 e. The van der Waals surface area contributed by atoms with E-state index in [2.05, 4.69) is 16.9 Å². The molecule has 0 saturated carbocycles. The summed E-state index contributed by atoms with van der Waals surface area (Å²) < 4.78 is 19.0. The van der Waals surface area contributed by atoms with Crippen molar-refractivity contribution in [2.24, 2.45) is 0 Å². The van der Waals surface area contributed by atoms with E-state index in [0.29, 0.717) is 29.0 Å². The van der Waals surface area contributed by atoms with Crippen molar-refractivity contribution in [3.63, 3.8) is 0 Å². The topological polar surface area (TPSA) is 75.0 Å². The van der Waals surface area contributed by atoms with Crippen LogP contribution in [0.25, 0.3) is 22.0 Å². The quantitative estimate of drug-likeness (QED) is 0.522. The van der Waals surface area contributed by atoms with Gasteiger partial charge < -0.3 is 10.1 Å². The molecular formula is C21H16FN3O2. The number of ether oxygens (including phenoxy) is 1. The molecule has 1 heterocycles. The van der Waals surface area contributed by atoms with Gasteiger partial charge in [0.25, 0.3) is 0 Å². The monoisotopic (exact) mass is 361 g/mol. The minimum atomic E-state index is -0.659. The van der Waals surface area contributed by atoms with Crippen LogP contribution in [0.5, 0.6) is 5.75 Å². The van der Waals surface area contributed by atoms with E-state index >= 15 is 0 Å². The second-order valence-corrected chi connectivity index (χ2v) is 5.83. The first-order valence-corrected chi connectivity index (χ1v) is 8.12. The minimum Gasteiger partial charge on any atom is -0.495 e. The van der Waals surface area contributed by atoms with Gasteiger partial charge in [0, 0.05) is 23.1 Å². The molecule has 6 heteroatoms. The van der Waals surface area contributed by atoms with Gasteiger partial charge in [-0.3, -0.25) is 4.79 Å². The lowest BCUT2D eigenvalue weighted by molar-refractivity contribution is 0.111. The summed E-state index contributed by atoms with van der Waals surface area (Å²) in [5, 5.41) is 13.9. The van der Waals surface area contributed by atoms with Gasteiger partial charge in [0.1, 0.15) is 11.4 Å². The maximum absolute atomic E-state index is 13.6. The van der Waals surface area contributed by atoms with Crippen molar-refractivity contribution in [2.75, 3.05) is 19.0 Å². The number of rotatable bonds is 6. The summed E-state index contributed by atoms with van der Waals surface area (Å²) in [5.41, 5.74) is 2.07. The van der Waals surface area contributed by atoms with Crippen molar-refractivity contribution in [3.05, 3.63) is 66.1 Å². The Bertz CT molecular complexity index is 1090. The number of halogens is 1. The Balaban J connectivity index is 2.13. The highest BCUT2D eigenvalue weighted by atomic mass is 19.1. The second kappa shape index (κ2) is 7.67. The molecule has 0 aliphatic carbocycles. The molecule has 1 N–H and O–H groups in total. The van der Waals surface area contributed by atoms with Crippen LogP contribution < -0.4 is 10.1 Å². The number of benzene rings is 2. The summed E-state index contributed by atoms with van der Waals surface area (Å²) >= 11 is 0. The van der Waals surface area contributed by atoms with Gasteiger partial charge in [-0.2, -0.15) is 5.26 Å². The summed E-state index contributed by atoms with van der Waals surface area (Å²) in [7, 11) is 1.56. The van der Waals surface area contributed by atoms with Gasteiger partial charge in [0.15, 0.2) is 12.1 Å². The number of pyridine rings is 1. The molecule has 1 aromatic heterocycles. The highest BCUT2D eigenvalue weighted by Crippen LogP contribution is 2.35. The Kier molecular flexibility index (Phi) is 5.13. The summed E-state index contributed by atoms with van der Waals surface area (Å²) in [4.78, 5) is 15.1.